The van der Waals surface area contributed by atoms with Crippen LogP contribution in [0, 0.1) is 5.82 Å². The molecule has 9 heteroatoms. The van der Waals surface area contributed by atoms with Gasteiger partial charge in [0.1, 0.15) is 5.82 Å². The summed E-state index contributed by atoms with van der Waals surface area (Å²) >= 11 is 1.10. The van der Waals surface area contributed by atoms with Gasteiger partial charge in [0.05, 0.1) is 12.3 Å². The topological polar surface area (TPSA) is 88.3 Å². The fourth-order valence-electron chi connectivity index (χ4n) is 2.24. The van der Waals surface area contributed by atoms with Crippen molar-refractivity contribution in [2.75, 3.05) is 24.7 Å². The first kappa shape index (κ1) is 19.6. The van der Waals surface area contributed by atoms with E-state index >= 15 is 0 Å². The number of carbonyl (C=O) groups is 2. The summed E-state index contributed by atoms with van der Waals surface area (Å²) in [6.07, 6.45) is 0. The molecule has 0 aliphatic carbocycles. The van der Waals surface area contributed by atoms with Crippen molar-refractivity contribution in [3.05, 3.63) is 60.4 Å². The zero-order valence-electron chi connectivity index (χ0n) is 15.0. The highest BCUT2D eigenvalue weighted by Crippen LogP contribution is 2.23. The minimum atomic E-state index is -0.390. The molecule has 0 aliphatic heterocycles. The van der Waals surface area contributed by atoms with Crippen molar-refractivity contribution in [3.8, 4) is 11.5 Å². The van der Waals surface area contributed by atoms with Gasteiger partial charge in [0, 0.05) is 18.3 Å². The van der Waals surface area contributed by atoms with Crippen molar-refractivity contribution in [3.63, 3.8) is 0 Å². The average Bonchev–Trinajstić information content (AvgIpc) is 3.17. The second-order valence-electron chi connectivity index (χ2n) is 5.83. The quantitative estimate of drug-likeness (QED) is 0.613. The van der Waals surface area contributed by atoms with E-state index in [0.717, 1.165) is 17.3 Å². The van der Waals surface area contributed by atoms with Crippen LogP contribution < -0.4 is 5.32 Å². The van der Waals surface area contributed by atoms with E-state index in [4.69, 9.17) is 4.42 Å². The van der Waals surface area contributed by atoms with Crippen molar-refractivity contribution in [2.24, 2.45) is 0 Å². The van der Waals surface area contributed by atoms with Crippen molar-refractivity contribution in [1.29, 1.82) is 0 Å². The number of anilines is 1. The van der Waals surface area contributed by atoms with E-state index in [-0.39, 0.29) is 29.3 Å². The van der Waals surface area contributed by atoms with Gasteiger partial charge in [-0.2, -0.15) is 0 Å². The number of hydrogen-bond acceptors (Lipinski definition) is 6. The number of carbonyl (C=O) groups excluding carboxylic acids is 2. The van der Waals surface area contributed by atoms with E-state index in [9.17, 15) is 14.0 Å². The van der Waals surface area contributed by atoms with Gasteiger partial charge in [0.2, 0.25) is 17.7 Å². The van der Waals surface area contributed by atoms with Gasteiger partial charge < -0.3 is 14.6 Å². The highest BCUT2D eigenvalue weighted by molar-refractivity contribution is 7.99. The first-order valence-corrected chi connectivity index (χ1v) is 9.31. The lowest BCUT2D eigenvalue weighted by atomic mass is 10.2. The number of rotatable bonds is 7. The summed E-state index contributed by atoms with van der Waals surface area (Å²) in [7, 11) is 1.52. The molecule has 0 atom stereocenters. The molecule has 0 spiro atoms. The smallest absolute Gasteiger partial charge is 0.277 e. The summed E-state index contributed by atoms with van der Waals surface area (Å²) in [5.41, 5.74) is 1.25. The fourth-order valence-corrected chi connectivity index (χ4v) is 2.94. The molecule has 0 unspecified atom stereocenters. The van der Waals surface area contributed by atoms with Crippen LogP contribution in [0.5, 0.6) is 0 Å². The van der Waals surface area contributed by atoms with E-state index in [0.29, 0.717) is 11.6 Å². The molecule has 0 saturated heterocycles. The van der Waals surface area contributed by atoms with E-state index in [1.54, 1.807) is 0 Å². The molecule has 3 rings (SSSR count). The van der Waals surface area contributed by atoms with Crippen LogP contribution in [-0.2, 0) is 9.59 Å². The van der Waals surface area contributed by atoms with Gasteiger partial charge in [-0.1, -0.05) is 30.0 Å². The van der Waals surface area contributed by atoms with Crippen LogP contribution in [0.2, 0.25) is 0 Å². The Hall–Kier alpha value is -3.20. The molecular formula is C19H17FN4O3S. The fraction of sp³-hybridized carbons (Fsp3) is 0.158. The van der Waals surface area contributed by atoms with Crippen molar-refractivity contribution >= 4 is 29.3 Å². The Morgan fingerprint density at radius 1 is 1.11 bits per heavy atom. The summed E-state index contributed by atoms with van der Waals surface area (Å²) in [5, 5.41) is 10.7. The van der Waals surface area contributed by atoms with Gasteiger partial charge >= 0.3 is 0 Å². The molecule has 1 heterocycles. The van der Waals surface area contributed by atoms with Crippen LogP contribution in [-0.4, -0.2) is 46.3 Å². The molecule has 0 fully saturated rings. The molecule has 144 valence electrons. The first-order valence-electron chi connectivity index (χ1n) is 8.32. The van der Waals surface area contributed by atoms with Gasteiger partial charge in [-0.15, -0.1) is 10.2 Å². The predicted octanol–water partition coefficient (Wildman–Crippen LogP) is 3.06. The normalized spacial score (nSPS) is 10.5. The third-order valence-electron chi connectivity index (χ3n) is 3.68. The molecule has 0 aliphatic rings. The molecule has 2 aromatic carbocycles. The summed E-state index contributed by atoms with van der Waals surface area (Å²) in [6.45, 7) is -0.129. The summed E-state index contributed by atoms with van der Waals surface area (Å²) in [6, 6.07) is 14.7. The average molecular weight is 400 g/mol. The number of halogens is 1. The number of likely N-dealkylation sites (N-methyl/N-ethyl adjacent to an activating group) is 1. The number of amides is 2. The monoisotopic (exact) mass is 400 g/mol. The Bertz CT molecular complexity index is 947. The minimum absolute atomic E-state index is 0.0523. The van der Waals surface area contributed by atoms with Crippen LogP contribution in [0.3, 0.4) is 0 Å². The lowest BCUT2D eigenvalue weighted by Gasteiger charge is -2.16. The maximum atomic E-state index is 12.9. The van der Waals surface area contributed by atoms with E-state index in [1.165, 1.54) is 36.2 Å². The zero-order chi connectivity index (χ0) is 19.9. The van der Waals surface area contributed by atoms with Crippen LogP contribution in [0.15, 0.2) is 64.2 Å². The van der Waals surface area contributed by atoms with Gasteiger partial charge in [0.15, 0.2) is 0 Å². The Morgan fingerprint density at radius 2 is 1.82 bits per heavy atom. The molecular weight excluding hydrogens is 383 g/mol. The number of aromatic nitrogens is 2. The first-order chi connectivity index (χ1) is 13.5. The Kier molecular flexibility index (Phi) is 6.38. The summed E-state index contributed by atoms with van der Waals surface area (Å²) < 4.78 is 18.4. The van der Waals surface area contributed by atoms with Gasteiger partial charge in [-0.3, -0.25) is 9.59 Å². The molecule has 0 bridgehead atoms. The van der Waals surface area contributed by atoms with Gasteiger partial charge in [0.25, 0.3) is 5.22 Å². The summed E-state index contributed by atoms with van der Waals surface area (Å²) in [5.74, 6) is -0.604. The van der Waals surface area contributed by atoms with Crippen molar-refractivity contribution in [2.45, 2.75) is 5.22 Å². The molecule has 0 radical (unpaired) electrons. The SMILES string of the molecule is CN(CC(=O)Nc1ccc(F)cc1)C(=O)CSc1nnc(-c2ccccc2)o1. The van der Waals surface area contributed by atoms with Crippen LogP contribution >= 0.6 is 11.8 Å². The Balaban J connectivity index is 1.47. The second-order valence-corrected chi connectivity index (χ2v) is 6.76. The highest BCUT2D eigenvalue weighted by atomic mass is 32.2. The molecule has 1 N–H and O–H groups in total. The van der Waals surface area contributed by atoms with Crippen LogP contribution in [0.1, 0.15) is 0 Å². The largest absolute Gasteiger partial charge is 0.411 e. The number of nitrogens with one attached hydrogen (secondary N) is 1. The predicted molar refractivity (Wildman–Crippen MR) is 103 cm³/mol. The molecule has 1 aromatic heterocycles. The van der Waals surface area contributed by atoms with Crippen LogP contribution in [0.25, 0.3) is 11.5 Å². The molecule has 3 aromatic rings. The Labute approximate surface area is 164 Å². The molecule has 0 saturated carbocycles. The lowest BCUT2D eigenvalue weighted by Crippen LogP contribution is -2.35. The van der Waals surface area contributed by atoms with E-state index in [2.05, 4.69) is 15.5 Å². The van der Waals surface area contributed by atoms with Gasteiger partial charge in [-0.05, 0) is 36.4 Å². The standard InChI is InChI=1S/C19H17FN4O3S/c1-24(11-16(25)21-15-9-7-14(20)8-10-15)17(26)12-28-19-23-22-18(27-19)13-5-3-2-4-6-13/h2-10H,11-12H2,1H3,(H,21,25). The third kappa shape index (κ3) is 5.40. The maximum absolute atomic E-state index is 12.9. The highest BCUT2D eigenvalue weighted by Gasteiger charge is 2.16. The molecule has 2 amide bonds. The van der Waals surface area contributed by atoms with Crippen LogP contribution in [0.4, 0.5) is 10.1 Å². The number of nitrogens with zero attached hydrogens (tertiary/aromatic N) is 3. The minimum Gasteiger partial charge on any atom is -0.411 e. The maximum Gasteiger partial charge on any atom is 0.277 e. The van der Waals surface area contributed by atoms with E-state index < -0.39 is 5.82 Å². The van der Waals surface area contributed by atoms with E-state index in [1.807, 2.05) is 30.3 Å². The third-order valence-corrected chi connectivity index (χ3v) is 4.48. The van der Waals surface area contributed by atoms with Crippen molar-refractivity contribution in [1.82, 2.24) is 15.1 Å². The Morgan fingerprint density at radius 3 is 2.54 bits per heavy atom. The number of thioether (sulfide) groups is 1. The summed E-state index contributed by atoms with van der Waals surface area (Å²) in [4.78, 5) is 25.5. The second kappa shape index (κ2) is 9.14. The molecule has 7 nitrogen and oxygen atoms in total. The van der Waals surface area contributed by atoms with Crippen molar-refractivity contribution < 1.29 is 18.4 Å². The zero-order valence-corrected chi connectivity index (χ0v) is 15.8. The molecule has 28 heavy (non-hydrogen) atoms. The number of hydrogen-bond donors (Lipinski definition) is 1. The number of benzene rings is 2. The van der Waals surface area contributed by atoms with Gasteiger partial charge in [-0.25, -0.2) is 4.39 Å². The lowest BCUT2D eigenvalue weighted by molar-refractivity contribution is -0.131.